The van der Waals surface area contributed by atoms with Gasteiger partial charge in [0.1, 0.15) is 0 Å². The van der Waals surface area contributed by atoms with Crippen molar-refractivity contribution in [1.29, 1.82) is 0 Å². The Labute approximate surface area is 194 Å². The molecule has 2 fully saturated rings. The summed E-state index contributed by atoms with van der Waals surface area (Å²) >= 11 is 0. The third kappa shape index (κ3) is 6.38. The standard InChI is InChI=1S/C27H33F3N2O/c28-27(29,30)24-14-12-22(13-15-24)19-32-18-6-11-23-10-5-17-31(20-25(23)26(32)33)16-4-9-21-7-2-1-3-8-21/h1-3,7-8,12-15,23,25H,4-6,9-11,16-20H2. The summed E-state index contributed by atoms with van der Waals surface area (Å²) in [6, 6.07) is 15.7. The van der Waals surface area contributed by atoms with Gasteiger partial charge < -0.3 is 9.80 Å². The molecular formula is C27H33F3N2O. The number of hydrogen-bond acceptors (Lipinski definition) is 2. The molecule has 4 rings (SSSR count). The maximum absolute atomic E-state index is 13.5. The van der Waals surface area contributed by atoms with Crippen molar-refractivity contribution in [2.45, 2.75) is 51.2 Å². The molecule has 1 amide bonds. The molecule has 2 aromatic carbocycles. The van der Waals surface area contributed by atoms with E-state index in [0.29, 0.717) is 19.0 Å². The Morgan fingerprint density at radius 2 is 1.58 bits per heavy atom. The minimum Gasteiger partial charge on any atom is -0.338 e. The van der Waals surface area contributed by atoms with Crippen molar-refractivity contribution in [3.05, 3.63) is 71.3 Å². The lowest BCUT2D eigenvalue weighted by Gasteiger charge is -2.30. The molecule has 0 N–H and O–H groups in total. The van der Waals surface area contributed by atoms with E-state index in [4.69, 9.17) is 0 Å². The molecular weight excluding hydrogens is 425 g/mol. The smallest absolute Gasteiger partial charge is 0.338 e. The van der Waals surface area contributed by atoms with Crippen molar-refractivity contribution in [3.63, 3.8) is 0 Å². The highest BCUT2D eigenvalue weighted by Gasteiger charge is 2.37. The van der Waals surface area contributed by atoms with Crippen molar-refractivity contribution < 1.29 is 18.0 Å². The van der Waals surface area contributed by atoms with Gasteiger partial charge in [0.05, 0.1) is 11.5 Å². The molecule has 2 atom stereocenters. The van der Waals surface area contributed by atoms with Crippen LogP contribution in [0.25, 0.3) is 0 Å². The van der Waals surface area contributed by atoms with Crippen LogP contribution in [0.5, 0.6) is 0 Å². The lowest BCUT2D eigenvalue weighted by atomic mass is 9.86. The Kier molecular flexibility index (Phi) is 7.74. The van der Waals surface area contributed by atoms with Gasteiger partial charge in [-0.2, -0.15) is 13.2 Å². The van der Waals surface area contributed by atoms with E-state index in [9.17, 15) is 18.0 Å². The fourth-order valence-electron chi connectivity index (χ4n) is 5.34. The van der Waals surface area contributed by atoms with E-state index in [1.807, 2.05) is 11.0 Å². The number of alkyl halides is 3. The van der Waals surface area contributed by atoms with E-state index in [1.54, 1.807) is 0 Å². The molecule has 0 radical (unpaired) electrons. The molecule has 2 aromatic rings. The third-order valence-electron chi connectivity index (χ3n) is 7.14. The summed E-state index contributed by atoms with van der Waals surface area (Å²) < 4.78 is 38.6. The summed E-state index contributed by atoms with van der Waals surface area (Å²) in [6.45, 7) is 3.88. The second-order valence-electron chi connectivity index (χ2n) is 9.50. The van der Waals surface area contributed by atoms with E-state index in [-0.39, 0.29) is 11.8 Å². The van der Waals surface area contributed by atoms with Crippen molar-refractivity contribution in [2.24, 2.45) is 11.8 Å². The maximum Gasteiger partial charge on any atom is 0.416 e. The molecule has 2 aliphatic rings. The number of hydrogen-bond donors (Lipinski definition) is 0. The first-order chi connectivity index (χ1) is 15.9. The number of carbonyl (C=O) groups excluding carboxylic acids is 1. The Morgan fingerprint density at radius 3 is 2.27 bits per heavy atom. The molecule has 0 spiro atoms. The molecule has 2 heterocycles. The van der Waals surface area contributed by atoms with Gasteiger partial charge in [0.25, 0.3) is 0 Å². The number of benzene rings is 2. The summed E-state index contributed by atoms with van der Waals surface area (Å²) in [4.78, 5) is 17.9. The van der Waals surface area contributed by atoms with Crippen molar-refractivity contribution in [1.82, 2.24) is 9.80 Å². The van der Waals surface area contributed by atoms with Gasteiger partial charge in [0.15, 0.2) is 0 Å². The largest absolute Gasteiger partial charge is 0.416 e. The zero-order valence-electron chi connectivity index (χ0n) is 19.1. The molecule has 33 heavy (non-hydrogen) atoms. The topological polar surface area (TPSA) is 23.6 Å². The van der Waals surface area contributed by atoms with Crippen LogP contribution in [0, 0.1) is 11.8 Å². The molecule has 178 valence electrons. The van der Waals surface area contributed by atoms with Gasteiger partial charge in [0, 0.05) is 19.6 Å². The normalized spacial score (nSPS) is 22.5. The maximum atomic E-state index is 13.5. The molecule has 2 aliphatic heterocycles. The average molecular weight is 459 g/mol. The summed E-state index contributed by atoms with van der Waals surface area (Å²) in [5, 5.41) is 0. The first kappa shape index (κ1) is 23.8. The first-order valence-corrected chi connectivity index (χ1v) is 12.1. The van der Waals surface area contributed by atoms with Gasteiger partial charge in [0.2, 0.25) is 5.91 Å². The number of nitrogens with zero attached hydrogens (tertiary/aromatic N) is 2. The van der Waals surface area contributed by atoms with Gasteiger partial charge >= 0.3 is 6.18 Å². The van der Waals surface area contributed by atoms with Crippen molar-refractivity contribution in [2.75, 3.05) is 26.2 Å². The lowest BCUT2D eigenvalue weighted by molar-refractivity contribution is -0.138. The minimum absolute atomic E-state index is 0.0128. The summed E-state index contributed by atoms with van der Waals surface area (Å²) in [5.74, 6) is 0.572. The van der Waals surface area contributed by atoms with E-state index >= 15 is 0 Å². The second kappa shape index (κ2) is 10.7. The molecule has 0 bridgehead atoms. The highest BCUT2D eigenvalue weighted by Crippen LogP contribution is 2.33. The molecule has 0 aromatic heterocycles. The molecule has 3 nitrogen and oxygen atoms in total. The number of rotatable bonds is 6. The van der Waals surface area contributed by atoms with Gasteiger partial charge in [-0.3, -0.25) is 4.79 Å². The quantitative estimate of drug-likeness (QED) is 0.547. The fourth-order valence-corrected chi connectivity index (χ4v) is 5.34. The average Bonchev–Trinajstić information content (AvgIpc) is 3.08. The van der Waals surface area contributed by atoms with Crippen LogP contribution in [-0.2, 0) is 23.9 Å². The predicted molar refractivity (Wildman–Crippen MR) is 124 cm³/mol. The fraction of sp³-hybridized carbons (Fsp3) is 0.519. The molecule has 2 saturated heterocycles. The highest BCUT2D eigenvalue weighted by molar-refractivity contribution is 5.79. The van der Waals surface area contributed by atoms with Crippen LogP contribution in [0.3, 0.4) is 0 Å². The third-order valence-corrected chi connectivity index (χ3v) is 7.14. The monoisotopic (exact) mass is 458 g/mol. The number of amides is 1. The van der Waals surface area contributed by atoms with Gasteiger partial charge in [-0.1, -0.05) is 42.5 Å². The molecule has 2 unspecified atom stereocenters. The van der Waals surface area contributed by atoms with E-state index < -0.39 is 11.7 Å². The van der Waals surface area contributed by atoms with Crippen LogP contribution in [0.4, 0.5) is 13.2 Å². The lowest BCUT2D eigenvalue weighted by Crippen LogP contribution is -2.41. The molecule has 0 saturated carbocycles. The Morgan fingerprint density at radius 1 is 0.879 bits per heavy atom. The number of fused-ring (bicyclic) bond motifs is 1. The van der Waals surface area contributed by atoms with Crippen molar-refractivity contribution in [3.8, 4) is 0 Å². The summed E-state index contributed by atoms with van der Waals surface area (Å²) in [5.41, 5.74) is 1.45. The van der Waals surface area contributed by atoms with E-state index in [1.165, 1.54) is 17.7 Å². The van der Waals surface area contributed by atoms with Crippen LogP contribution < -0.4 is 0 Å². The van der Waals surface area contributed by atoms with Crippen LogP contribution in [-0.4, -0.2) is 41.9 Å². The van der Waals surface area contributed by atoms with E-state index in [2.05, 4.69) is 29.2 Å². The Balaban J connectivity index is 1.37. The van der Waals surface area contributed by atoms with Crippen LogP contribution in [0.2, 0.25) is 0 Å². The van der Waals surface area contributed by atoms with Crippen LogP contribution >= 0.6 is 0 Å². The van der Waals surface area contributed by atoms with E-state index in [0.717, 1.165) is 75.9 Å². The Hall–Kier alpha value is -2.34. The number of aryl methyl sites for hydroxylation is 1. The SMILES string of the molecule is O=C1C2CN(CCCc3ccccc3)CCCC2CCCN1Cc1ccc(C(F)(F)F)cc1. The number of halogens is 3. The summed E-state index contributed by atoms with van der Waals surface area (Å²) in [7, 11) is 0. The first-order valence-electron chi connectivity index (χ1n) is 12.1. The highest BCUT2D eigenvalue weighted by atomic mass is 19.4. The van der Waals surface area contributed by atoms with Gasteiger partial charge in [-0.05, 0) is 80.8 Å². The zero-order valence-corrected chi connectivity index (χ0v) is 19.1. The Bertz CT molecular complexity index is 898. The van der Waals surface area contributed by atoms with Crippen LogP contribution in [0.1, 0.15) is 48.8 Å². The second-order valence-corrected chi connectivity index (χ2v) is 9.50. The summed E-state index contributed by atoms with van der Waals surface area (Å²) in [6.07, 6.45) is 2.00. The minimum atomic E-state index is -4.34. The number of likely N-dealkylation sites (tertiary alicyclic amines) is 2. The van der Waals surface area contributed by atoms with Crippen molar-refractivity contribution >= 4 is 5.91 Å². The predicted octanol–water partition coefficient (Wildman–Crippen LogP) is 5.79. The van der Waals surface area contributed by atoms with Gasteiger partial charge in [-0.15, -0.1) is 0 Å². The molecule has 6 heteroatoms. The van der Waals surface area contributed by atoms with Gasteiger partial charge in [-0.25, -0.2) is 0 Å². The number of carbonyl (C=O) groups is 1. The zero-order chi connectivity index (χ0) is 23.3. The molecule has 0 aliphatic carbocycles. The van der Waals surface area contributed by atoms with Crippen LogP contribution in [0.15, 0.2) is 54.6 Å².